The third-order valence-electron chi connectivity index (χ3n) is 7.45. The van der Waals surface area contributed by atoms with Gasteiger partial charge in [-0.1, -0.05) is 17.7 Å². The Morgan fingerprint density at radius 1 is 1.13 bits per heavy atom. The van der Waals surface area contributed by atoms with Gasteiger partial charge in [0, 0.05) is 35.1 Å². The van der Waals surface area contributed by atoms with Gasteiger partial charge in [0.2, 0.25) is 9.84 Å². The van der Waals surface area contributed by atoms with E-state index in [0.717, 1.165) is 37.1 Å². The SMILES string of the molecule is Cc1cc(C)cc(S(=O)(=O)c2c(C(=O)NC3CC4(C3)CN(Cc3n[nH]c(=O)[nH]3)C4)[nH]c3ccc(Cl)cc23)c1. The van der Waals surface area contributed by atoms with Gasteiger partial charge in [-0.2, -0.15) is 5.10 Å². The van der Waals surface area contributed by atoms with E-state index in [1.807, 2.05) is 19.9 Å². The molecule has 10 nitrogen and oxygen atoms in total. The van der Waals surface area contributed by atoms with Crippen molar-refractivity contribution >= 4 is 38.2 Å². The Morgan fingerprint density at radius 3 is 2.50 bits per heavy atom. The minimum Gasteiger partial charge on any atom is -0.349 e. The number of likely N-dealkylation sites (tertiary alicyclic amines) is 1. The van der Waals surface area contributed by atoms with E-state index in [4.69, 9.17) is 11.6 Å². The van der Waals surface area contributed by atoms with Gasteiger partial charge in [-0.15, -0.1) is 0 Å². The monoisotopic (exact) mass is 554 g/mol. The summed E-state index contributed by atoms with van der Waals surface area (Å²) in [5.41, 5.74) is 1.98. The summed E-state index contributed by atoms with van der Waals surface area (Å²) in [4.78, 5) is 32.7. The van der Waals surface area contributed by atoms with Gasteiger partial charge >= 0.3 is 5.69 Å². The zero-order valence-electron chi connectivity index (χ0n) is 20.9. The van der Waals surface area contributed by atoms with Crippen LogP contribution in [0.25, 0.3) is 10.9 Å². The summed E-state index contributed by atoms with van der Waals surface area (Å²) in [6.45, 7) is 5.95. The number of aryl methyl sites for hydroxylation is 2. The lowest BCUT2D eigenvalue weighted by atomic mass is 9.60. The third kappa shape index (κ3) is 4.34. The number of carbonyl (C=O) groups is 1. The van der Waals surface area contributed by atoms with Gasteiger partial charge in [0.25, 0.3) is 5.91 Å². The average Bonchev–Trinajstić information content (AvgIpc) is 3.38. The van der Waals surface area contributed by atoms with Gasteiger partial charge in [-0.25, -0.2) is 18.3 Å². The van der Waals surface area contributed by atoms with E-state index in [0.29, 0.717) is 28.3 Å². The number of aromatic amines is 3. The predicted molar refractivity (Wildman–Crippen MR) is 142 cm³/mol. The van der Waals surface area contributed by atoms with Crippen LogP contribution in [0.1, 0.15) is 40.3 Å². The van der Waals surface area contributed by atoms with Crippen molar-refractivity contribution in [2.75, 3.05) is 13.1 Å². The molecule has 198 valence electrons. The lowest BCUT2D eigenvalue weighted by molar-refractivity contribution is -0.0818. The minimum atomic E-state index is -4.03. The van der Waals surface area contributed by atoms with Crippen LogP contribution in [0.5, 0.6) is 0 Å². The van der Waals surface area contributed by atoms with E-state index < -0.39 is 15.7 Å². The molecule has 4 N–H and O–H groups in total. The first-order chi connectivity index (χ1) is 18.0. The number of aromatic nitrogens is 4. The number of amides is 1. The van der Waals surface area contributed by atoms with E-state index in [1.54, 1.807) is 30.3 Å². The highest BCUT2D eigenvalue weighted by molar-refractivity contribution is 7.91. The van der Waals surface area contributed by atoms with Crippen molar-refractivity contribution in [3.05, 3.63) is 74.6 Å². The van der Waals surface area contributed by atoms with Gasteiger partial charge in [-0.05, 0) is 73.6 Å². The number of H-pyrrole nitrogens is 3. The van der Waals surface area contributed by atoms with Crippen molar-refractivity contribution in [1.29, 1.82) is 0 Å². The van der Waals surface area contributed by atoms with Crippen molar-refractivity contribution in [2.45, 2.75) is 49.1 Å². The van der Waals surface area contributed by atoms with Crippen molar-refractivity contribution in [2.24, 2.45) is 5.41 Å². The minimum absolute atomic E-state index is 0.0140. The lowest BCUT2D eigenvalue weighted by Gasteiger charge is -2.59. The largest absolute Gasteiger partial charge is 0.349 e. The van der Waals surface area contributed by atoms with Gasteiger partial charge in [-0.3, -0.25) is 14.7 Å². The van der Waals surface area contributed by atoms with E-state index >= 15 is 0 Å². The summed E-state index contributed by atoms with van der Waals surface area (Å²) in [6, 6.07) is 10.00. The summed E-state index contributed by atoms with van der Waals surface area (Å²) in [7, 11) is -4.03. The second kappa shape index (κ2) is 8.82. The van der Waals surface area contributed by atoms with Crippen LogP contribution in [0.2, 0.25) is 5.02 Å². The molecule has 0 radical (unpaired) electrons. The van der Waals surface area contributed by atoms with Gasteiger partial charge < -0.3 is 10.3 Å². The fourth-order valence-corrected chi connectivity index (χ4v) is 7.95. The second-order valence-electron chi connectivity index (χ2n) is 10.7. The van der Waals surface area contributed by atoms with Gasteiger partial charge in [0.1, 0.15) is 16.4 Å². The molecule has 3 heterocycles. The van der Waals surface area contributed by atoms with Crippen LogP contribution in [0.3, 0.4) is 0 Å². The third-order valence-corrected chi connectivity index (χ3v) is 9.50. The Bertz CT molecular complexity index is 1720. The molecule has 2 aromatic heterocycles. The number of nitrogens with zero attached hydrogens (tertiary/aromatic N) is 2. The van der Waals surface area contributed by atoms with Crippen LogP contribution in [-0.4, -0.2) is 58.5 Å². The van der Waals surface area contributed by atoms with E-state index in [9.17, 15) is 18.0 Å². The molecule has 2 fully saturated rings. The maximum Gasteiger partial charge on any atom is 0.340 e. The number of sulfone groups is 1. The fraction of sp³-hybridized carbons (Fsp3) is 0.346. The summed E-state index contributed by atoms with van der Waals surface area (Å²) < 4.78 is 27.8. The van der Waals surface area contributed by atoms with Crippen LogP contribution >= 0.6 is 11.6 Å². The van der Waals surface area contributed by atoms with Crippen molar-refractivity contribution in [1.82, 2.24) is 30.4 Å². The highest BCUT2D eigenvalue weighted by Gasteiger charge is 2.52. The van der Waals surface area contributed by atoms with Crippen molar-refractivity contribution in [3.63, 3.8) is 0 Å². The molecular formula is C26H27ClN6O4S. The topological polar surface area (TPSA) is 144 Å². The first-order valence-electron chi connectivity index (χ1n) is 12.3. The molecule has 1 aliphatic heterocycles. The van der Waals surface area contributed by atoms with Crippen LogP contribution in [0, 0.1) is 19.3 Å². The van der Waals surface area contributed by atoms with Crippen LogP contribution < -0.4 is 11.0 Å². The average molecular weight is 555 g/mol. The number of rotatable bonds is 6. The van der Waals surface area contributed by atoms with Crippen molar-refractivity contribution in [3.8, 4) is 0 Å². The molecule has 4 aromatic rings. The molecule has 1 spiro atoms. The Hall–Kier alpha value is -3.41. The molecule has 0 atom stereocenters. The number of hydrogen-bond donors (Lipinski definition) is 4. The van der Waals surface area contributed by atoms with E-state index in [-0.39, 0.29) is 32.6 Å². The molecule has 1 saturated heterocycles. The first kappa shape index (κ1) is 24.9. The normalized spacial score (nSPS) is 17.4. The predicted octanol–water partition coefficient (Wildman–Crippen LogP) is 3.08. The van der Waals surface area contributed by atoms with Crippen LogP contribution in [0.15, 0.2) is 51.0 Å². The maximum absolute atomic E-state index is 13.9. The van der Waals surface area contributed by atoms with Gasteiger partial charge in [0.05, 0.1) is 11.4 Å². The molecule has 0 bridgehead atoms. The summed E-state index contributed by atoms with van der Waals surface area (Å²) in [5, 5.41) is 10.1. The lowest BCUT2D eigenvalue weighted by Crippen LogP contribution is -2.66. The van der Waals surface area contributed by atoms with Crippen LogP contribution in [0.4, 0.5) is 0 Å². The summed E-state index contributed by atoms with van der Waals surface area (Å²) in [5.74, 6) is 0.149. The second-order valence-corrected chi connectivity index (χ2v) is 13.0. The number of nitrogens with one attached hydrogen (secondary N) is 4. The Kier molecular flexibility index (Phi) is 5.78. The van der Waals surface area contributed by atoms with Crippen LogP contribution in [-0.2, 0) is 16.4 Å². The molecule has 38 heavy (non-hydrogen) atoms. The smallest absolute Gasteiger partial charge is 0.340 e. The van der Waals surface area contributed by atoms with Gasteiger partial charge in [0.15, 0.2) is 0 Å². The Labute approximate surface area is 223 Å². The molecular weight excluding hydrogens is 528 g/mol. The number of fused-ring (bicyclic) bond motifs is 1. The quantitative estimate of drug-likeness (QED) is 0.288. The molecule has 1 saturated carbocycles. The zero-order chi connectivity index (χ0) is 26.8. The fourth-order valence-electron chi connectivity index (χ4n) is 5.99. The Morgan fingerprint density at radius 2 is 1.84 bits per heavy atom. The number of halogens is 1. The van der Waals surface area contributed by atoms with E-state index in [1.165, 1.54) is 0 Å². The standard InChI is InChI=1S/C26H27ClN6O4S/c1-14-5-15(2)7-18(6-14)38(36,37)23-19-8-16(27)3-4-20(19)29-22(23)24(34)28-17-9-26(10-17)12-33(13-26)11-21-30-25(35)32-31-21/h3-8,17,29H,9-13H2,1-2H3,(H,28,34)(H2,30,31,32,35). The molecule has 12 heteroatoms. The molecule has 2 aromatic carbocycles. The first-order valence-corrected chi connectivity index (χ1v) is 14.2. The molecule has 0 unspecified atom stereocenters. The highest BCUT2D eigenvalue weighted by Crippen LogP contribution is 2.48. The zero-order valence-corrected chi connectivity index (χ0v) is 22.5. The molecule has 6 rings (SSSR count). The molecule has 1 amide bonds. The number of hydrogen-bond acceptors (Lipinski definition) is 6. The molecule has 1 aliphatic carbocycles. The number of carbonyl (C=O) groups excluding carboxylic acids is 1. The van der Waals surface area contributed by atoms with E-state index in [2.05, 4.69) is 30.4 Å². The maximum atomic E-state index is 13.9. The Balaban J connectivity index is 1.22. The molecule has 2 aliphatic rings. The highest BCUT2D eigenvalue weighted by atomic mass is 35.5. The summed E-state index contributed by atoms with van der Waals surface area (Å²) >= 11 is 6.22. The summed E-state index contributed by atoms with van der Waals surface area (Å²) in [6.07, 6.45) is 1.61. The van der Waals surface area contributed by atoms with Crippen molar-refractivity contribution < 1.29 is 13.2 Å². The number of benzene rings is 2.